The van der Waals surface area contributed by atoms with Crippen molar-refractivity contribution in [3.63, 3.8) is 0 Å². The molecule has 0 aliphatic rings. The lowest BCUT2D eigenvalue weighted by Gasteiger charge is -2.15. The van der Waals surface area contributed by atoms with Crippen LogP contribution >= 0.6 is 0 Å². The van der Waals surface area contributed by atoms with Gasteiger partial charge >= 0.3 is 11.7 Å². The van der Waals surface area contributed by atoms with Crippen LogP contribution in [0.4, 0.5) is 0 Å². The summed E-state index contributed by atoms with van der Waals surface area (Å²) < 4.78 is 0.801. The number of aromatic amines is 1. The Morgan fingerprint density at radius 2 is 1.95 bits per heavy atom. The average molecular weight is 301 g/mol. The van der Waals surface area contributed by atoms with Crippen molar-refractivity contribution in [2.24, 2.45) is 0 Å². The van der Waals surface area contributed by atoms with Gasteiger partial charge in [0.2, 0.25) is 0 Å². The molecule has 1 atom stereocenters. The zero-order valence-electron chi connectivity index (χ0n) is 11.2. The van der Waals surface area contributed by atoms with Crippen molar-refractivity contribution in [1.82, 2.24) is 9.55 Å². The lowest BCUT2D eigenvalue weighted by Crippen LogP contribution is -2.37. The van der Waals surface area contributed by atoms with Crippen molar-refractivity contribution in [2.45, 2.75) is 12.5 Å². The van der Waals surface area contributed by atoms with Crippen molar-refractivity contribution in [3.8, 4) is 11.8 Å². The van der Waals surface area contributed by atoms with Gasteiger partial charge in [0.15, 0.2) is 0 Å². The van der Waals surface area contributed by atoms with Crippen LogP contribution in [-0.2, 0) is 11.2 Å². The number of nitrogens with zero attached hydrogens (tertiary/aromatic N) is 2. The van der Waals surface area contributed by atoms with E-state index in [1.165, 1.54) is 24.3 Å². The number of rotatable bonds is 4. The number of hydrogen-bond donors (Lipinski definition) is 3. The molecule has 0 aliphatic heterocycles. The lowest BCUT2D eigenvalue weighted by atomic mass is 10.1. The van der Waals surface area contributed by atoms with Gasteiger partial charge in [-0.2, -0.15) is 5.26 Å². The van der Waals surface area contributed by atoms with Crippen LogP contribution in [0, 0.1) is 11.3 Å². The molecule has 8 nitrogen and oxygen atoms in total. The molecule has 0 radical (unpaired) electrons. The summed E-state index contributed by atoms with van der Waals surface area (Å²) >= 11 is 0. The Morgan fingerprint density at radius 3 is 2.50 bits per heavy atom. The average Bonchev–Trinajstić information content (AvgIpc) is 2.47. The quantitative estimate of drug-likeness (QED) is 0.726. The molecule has 0 spiro atoms. The zero-order chi connectivity index (χ0) is 16.3. The van der Waals surface area contributed by atoms with Crippen LogP contribution in [0.5, 0.6) is 5.75 Å². The molecule has 0 amide bonds. The zero-order valence-corrected chi connectivity index (χ0v) is 11.2. The van der Waals surface area contributed by atoms with Crippen molar-refractivity contribution in [1.29, 1.82) is 5.26 Å². The molecule has 0 fully saturated rings. The summed E-state index contributed by atoms with van der Waals surface area (Å²) in [5.41, 5.74) is -1.55. The third-order valence-electron chi connectivity index (χ3n) is 3.07. The van der Waals surface area contributed by atoms with E-state index >= 15 is 0 Å². The summed E-state index contributed by atoms with van der Waals surface area (Å²) in [6, 6.07) is 6.14. The molecular weight excluding hydrogens is 290 g/mol. The van der Waals surface area contributed by atoms with E-state index in [1.54, 1.807) is 6.07 Å². The second-order valence-electron chi connectivity index (χ2n) is 4.55. The molecule has 1 aromatic heterocycles. The number of hydrogen-bond acceptors (Lipinski definition) is 5. The third-order valence-corrected chi connectivity index (χ3v) is 3.07. The van der Waals surface area contributed by atoms with E-state index in [9.17, 15) is 24.6 Å². The van der Waals surface area contributed by atoms with Crippen molar-refractivity contribution in [2.75, 3.05) is 0 Å². The van der Waals surface area contributed by atoms with Crippen LogP contribution in [0.2, 0.25) is 0 Å². The first-order valence-corrected chi connectivity index (χ1v) is 6.18. The summed E-state index contributed by atoms with van der Waals surface area (Å²) in [6.45, 7) is 0. The standard InChI is InChI=1S/C14H11N3O5/c15-6-9-7-17(14(22)16-12(9)19)11(13(20)21)5-8-1-3-10(18)4-2-8/h1-4,7,11,18H,5H2,(H,20,21)(H,16,19,22)/t11-/m1/s1. The SMILES string of the molecule is N#Cc1cn([C@H](Cc2ccc(O)cc2)C(=O)O)c(=O)[nH]c1=O. The van der Waals surface area contributed by atoms with E-state index in [0.29, 0.717) is 5.56 Å². The number of aromatic nitrogens is 2. The first-order valence-electron chi connectivity index (χ1n) is 6.18. The van der Waals surface area contributed by atoms with Gasteiger partial charge in [0.05, 0.1) is 0 Å². The predicted octanol–water partition coefficient (Wildman–Crippen LogP) is -0.0177. The Kier molecular flexibility index (Phi) is 4.08. The van der Waals surface area contributed by atoms with Gasteiger partial charge in [-0.1, -0.05) is 12.1 Å². The number of phenols is 1. The molecule has 0 saturated carbocycles. The molecular formula is C14H11N3O5. The van der Waals surface area contributed by atoms with Gasteiger partial charge in [-0.25, -0.2) is 9.59 Å². The highest BCUT2D eigenvalue weighted by atomic mass is 16.4. The highest BCUT2D eigenvalue weighted by Gasteiger charge is 2.22. The molecule has 8 heteroatoms. The van der Waals surface area contributed by atoms with E-state index in [0.717, 1.165) is 10.8 Å². The van der Waals surface area contributed by atoms with E-state index in [1.807, 2.05) is 4.98 Å². The van der Waals surface area contributed by atoms with Crippen LogP contribution < -0.4 is 11.2 Å². The molecule has 112 valence electrons. The van der Waals surface area contributed by atoms with Crippen LogP contribution in [0.1, 0.15) is 17.2 Å². The number of aliphatic carboxylic acids is 1. The fourth-order valence-electron chi connectivity index (χ4n) is 1.96. The monoisotopic (exact) mass is 301 g/mol. The molecule has 1 aromatic carbocycles. The Balaban J connectivity index is 2.47. The molecule has 3 N–H and O–H groups in total. The van der Waals surface area contributed by atoms with Gasteiger partial charge in [0.25, 0.3) is 5.56 Å². The maximum atomic E-state index is 11.8. The maximum Gasteiger partial charge on any atom is 0.329 e. The van der Waals surface area contributed by atoms with E-state index in [2.05, 4.69) is 0 Å². The number of carboxylic acids is 1. The number of nitrogens with one attached hydrogen (secondary N) is 1. The van der Waals surface area contributed by atoms with E-state index in [-0.39, 0.29) is 17.7 Å². The number of nitriles is 1. The second kappa shape index (κ2) is 5.97. The fraction of sp³-hybridized carbons (Fsp3) is 0.143. The molecule has 0 aliphatic carbocycles. The Morgan fingerprint density at radius 1 is 1.32 bits per heavy atom. The number of benzene rings is 1. The van der Waals surface area contributed by atoms with Gasteiger partial charge in [-0.05, 0) is 17.7 Å². The maximum absolute atomic E-state index is 11.8. The Labute approximate surface area is 123 Å². The van der Waals surface area contributed by atoms with E-state index in [4.69, 9.17) is 5.26 Å². The largest absolute Gasteiger partial charge is 0.508 e. The number of H-pyrrole nitrogens is 1. The Hall–Kier alpha value is -3.34. The van der Waals surface area contributed by atoms with Crippen LogP contribution in [0.15, 0.2) is 40.1 Å². The smallest absolute Gasteiger partial charge is 0.329 e. The summed E-state index contributed by atoms with van der Waals surface area (Å²) in [5.74, 6) is -1.25. The molecule has 0 bridgehead atoms. The first kappa shape index (κ1) is 15.1. The molecule has 0 unspecified atom stereocenters. The van der Waals surface area contributed by atoms with Gasteiger partial charge in [-0.15, -0.1) is 0 Å². The lowest BCUT2D eigenvalue weighted by molar-refractivity contribution is -0.141. The first-order chi connectivity index (χ1) is 10.4. The summed E-state index contributed by atoms with van der Waals surface area (Å²) in [6.07, 6.45) is 0.882. The van der Waals surface area contributed by atoms with Crippen molar-refractivity contribution < 1.29 is 15.0 Å². The highest BCUT2D eigenvalue weighted by Crippen LogP contribution is 2.16. The summed E-state index contributed by atoms with van der Waals surface area (Å²) in [7, 11) is 0. The minimum Gasteiger partial charge on any atom is -0.508 e. The fourth-order valence-corrected chi connectivity index (χ4v) is 1.96. The van der Waals surface area contributed by atoms with Crippen molar-refractivity contribution in [3.05, 3.63) is 62.4 Å². The molecule has 2 aromatic rings. The minimum atomic E-state index is -1.29. The number of carboxylic acid groups (broad SMARTS) is 1. The topological polar surface area (TPSA) is 136 Å². The van der Waals surface area contributed by atoms with Gasteiger partial charge in [0, 0.05) is 12.6 Å². The minimum absolute atomic E-state index is 0.0311. The molecule has 1 heterocycles. The number of carbonyl (C=O) groups is 1. The van der Waals surface area contributed by atoms with E-state index < -0.39 is 23.3 Å². The number of phenolic OH excluding ortho intramolecular Hbond substituents is 1. The Bertz CT molecular complexity index is 858. The molecule has 22 heavy (non-hydrogen) atoms. The summed E-state index contributed by atoms with van der Waals surface area (Å²) in [5, 5.41) is 27.3. The number of aromatic hydroxyl groups is 1. The molecule has 2 rings (SSSR count). The van der Waals surface area contributed by atoms with Gasteiger partial charge in [-0.3, -0.25) is 14.3 Å². The second-order valence-corrected chi connectivity index (χ2v) is 4.55. The van der Waals surface area contributed by atoms with Crippen LogP contribution in [-0.4, -0.2) is 25.7 Å². The van der Waals surface area contributed by atoms with Gasteiger partial charge in [0.1, 0.15) is 23.4 Å². The van der Waals surface area contributed by atoms with Crippen molar-refractivity contribution >= 4 is 5.97 Å². The van der Waals surface area contributed by atoms with Gasteiger partial charge < -0.3 is 10.2 Å². The summed E-state index contributed by atoms with van der Waals surface area (Å²) in [4.78, 5) is 36.5. The normalized spacial score (nSPS) is 11.6. The third kappa shape index (κ3) is 3.04. The highest BCUT2D eigenvalue weighted by molar-refractivity contribution is 5.72. The predicted molar refractivity (Wildman–Crippen MR) is 74.5 cm³/mol. The van der Waals surface area contributed by atoms with Crippen LogP contribution in [0.3, 0.4) is 0 Å². The molecule has 0 saturated heterocycles. The van der Waals surface area contributed by atoms with Crippen LogP contribution in [0.25, 0.3) is 0 Å².